The van der Waals surface area contributed by atoms with E-state index in [1.165, 1.54) is 22.9 Å². The zero-order chi connectivity index (χ0) is 14.0. The highest BCUT2D eigenvalue weighted by atomic mass is 19.1. The van der Waals surface area contributed by atoms with E-state index in [4.69, 9.17) is 10.5 Å². The Morgan fingerprint density at radius 2 is 2.11 bits per heavy atom. The fourth-order valence-corrected chi connectivity index (χ4v) is 1.45. The molecule has 0 fully saturated rings. The van der Waals surface area contributed by atoms with Gasteiger partial charge in [0.25, 0.3) is 0 Å². The molecule has 6 heteroatoms. The second-order valence-electron chi connectivity index (χ2n) is 4.83. The van der Waals surface area contributed by atoms with E-state index in [0.717, 1.165) is 0 Å². The van der Waals surface area contributed by atoms with Gasteiger partial charge >= 0.3 is 0 Å². The van der Waals surface area contributed by atoms with Crippen molar-refractivity contribution in [2.24, 2.45) is 0 Å². The lowest BCUT2D eigenvalue weighted by atomic mass is 10.1. The second kappa shape index (κ2) is 4.87. The standard InChI is InChI=1S/C13H15F2N3O/c1-13(2,8-14)18-6-5-12(17-18)19-9-3-4-11(16)10(15)7-9/h3-7H,8,16H2,1-2H3. The quantitative estimate of drug-likeness (QED) is 0.866. The molecule has 0 radical (unpaired) electrons. The van der Waals surface area contributed by atoms with Crippen LogP contribution in [0.25, 0.3) is 0 Å². The number of hydrogen-bond acceptors (Lipinski definition) is 3. The average Bonchev–Trinajstić information content (AvgIpc) is 2.83. The van der Waals surface area contributed by atoms with Crippen LogP contribution in [0.5, 0.6) is 11.6 Å². The Labute approximate surface area is 109 Å². The van der Waals surface area contributed by atoms with Crippen LogP contribution in [-0.2, 0) is 5.54 Å². The molecule has 0 bridgehead atoms. The molecule has 1 aromatic heterocycles. The van der Waals surface area contributed by atoms with E-state index in [1.54, 1.807) is 26.1 Å². The molecule has 2 rings (SSSR count). The Kier molecular flexibility index (Phi) is 3.42. The van der Waals surface area contributed by atoms with Gasteiger partial charge < -0.3 is 10.5 Å². The van der Waals surface area contributed by atoms with E-state index in [9.17, 15) is 8.78 Å². The summed E-state index contributed by atoms with van der Waals surface area (Å²) in [5.74, 6) is 0.00159. The summed E-state index contributed by atoms with van der Waals surface area (Å²) in [5, 5.41) is 4.10. The molecule has 102 valence electrons. The van der Waals surface area contributed by atoms with Crippen LogP contribution >= 0.6 is 0 Å². The number of alkyl halides is 1. The molecule has 4 nitrogen and oxygen atoms in total. The minimum absolute atomic E-state index is 0.0523. The van der Waals surface area contributed by atoms with Gasteiger partial charge in [0.2, 0.25) is 5.88 Å². The zero-order valence-electron chi connectivity index (χ0n) is 10.7. The van der Waals surface area contributed by atoms with Crippen LogP contribution in [0.2, 0.25) is 0 Å². The summed E-state index contributed by atoms with van der Waals surface area (Å²) < 4.78 is 32.9. The number of nitrogen functional groups attached to an aromatic ring is 1. The fourth-order valence-electron chi connectivity index (χ4n) is 1.45. The van der Waals surface area contributed by atoms with Crippen LogP contribution in [0.4, 0.5) is 14.5 Å². The molecule has 1 heterocycles. The number of nitrogens with two attached hydrogens (primary N) is 1. The van der Waals surface area contributed by atoms with Gasteiger partial charge in [-0.2, -0.15) is 0 Å². The van der Waals surface area contributed by atoms with E-state index in [0.29, 0.717) is 0 Å². The SMILES string of the molecule is CC(C)(CF)n1ccc(Oc2ccc(N)c(F)c2)n1. The molecule has 0 aliphatic rings. The molecule has 0 saturated heterocycles. The third-order valence-electron chi connectivity index (χ3n) is 2.71. The summed E-state index contributed by atoms with van der Waals surface area (Å²) in [6.45, 7) is 2.88. The lowest BCUT2D eigenvalue weighted by Crippen LogP contribution is -2.28. The Morgan fingerprint density at radius 1 is 1.37 bits per heavy atom. The third kappa shape index (κ3) is 2.83. The number of hydrogen-bond donors (Lipinski definition) is 1. The molecule has 0 amide bonds. The van der Waals surface area contributed by atoms with Crippen molar-refractivity contribution in [3.63, 3.8) is 0 Å². The maximum atomic E-state index is 13.3. The molecular formula is C13H15F2N3O. The van der Waals surface area contributed by atoms with Gasteiger partial charge in [0.15, 0.2) is 0 Å². The van der Waals surface area contributed by atoms with Crippen molar-refractivity contribution < 1.29 is 13.5 Å². The first-order valence-electron chi connectivity index (χ1n) is 5.77. The topological polar surface area (TPSA) is 53.1 Å². The number of aromatic nitrogens is 2. The molecule has 0 saturated carbocycles. The molecular weight excluding hydrogens is 252 g/mol. The molecule has 2 N–H and O–H groups in total. The van der Waals surface area contributed by atoms with E-state index < -0.39 is 18.0 Å². The molecule has 0 atom stereocenters. The Balaban J connectivity index is 2.18. The second-order valence-corrected chi connectivity index (χ2v) is 4.83. The van der Waals surface area contributed by atoms with Crippen molar-refractivity contribution in [3.8, 4) is 11.6 Å². The predicted molar refractivity (Wildman–Crippen MR) is 68.4 cm³/mol. The van der Waals surface area contributed by atoms with Crippen molar-refractivity contribution in [1.82, 2.24) is 9.78 Å². The lowest BCUT2D eigenvalue weighted by Gasteiger charge is -2.20. The summed E-state index contributed by atoms with van der Waals surface area (Å²) in [5.41, 5.74) is 4.68. The van der Waals surface area contributed by atoms with Gasteiger partial charge in [-0.15, -0.1) is 5.10 Å². The number of ether oxygens (including phenoxy) is 1. The average molecular weight is 267 g/mol. The highest BCUT2D eigenvalue weighted by molar-refractivity contribution is 5.44. The molecule has 19 heavy (non-hydrogen) atoms. The summed E-state index contributed by atoms with van der Waals surface area (Å²) in [6.07, 6.45) is 1.61. The maximum absolute atomic E-state index is 13.3. The van der Waals surface area contributed by atoms with Crippen LogP contribution in [0, 0.1) is 5.82 Å². The van der Waals surface area contributed by atoms with Crippen molar-refractivity contribution in [2.45, 2.75) is 19.4 Å². The first-order valence-corrected chi connectivity index (χ1v) is 5.77. The largest absolute Gasteiger partial charge is 0.437 e. The molecule has 0 aliphatic heterocycles. The number of anilines is 1. The van der Waals surface area contributed by atoms with E-state index in [-0.39, 0.29) is 17.3 Å². The number of benzene rings is 1. The molecule has 0 spiro atoms. The number of rotatable bonds is 4. The smallest absolute Gasteiger partial charge is 0.238 e. The van der Waals surface area contributed by atoms with Gasteiger partial charge in [-0.25, -0.2) is 8.78 Å². The molecule has 2 aromatic rings. The van der Waals surface area contributed by atoms with Crippen LogP contribution < -0.4 is 10.5 Å². The minimum atomic E-state index is -0.742. The lowest BCUT2D eigenvalue weighted by molar-refractivity contribution is 0.232. The Hall–Kier alpha value is -2.11. The van der Waals surface area contributed by atoms with Gasteiger partial charge in [-0.3, -0.25) is 4.68 Å². The zero-order valence-corrected chi connectivity index (χ0v) is 10.7. The first kappa shape index (κ1) is 13.3. The molecule has 1 aromatic carbocycles. The Bertz CT molecular complexity index is 581. The van der Waals surface area contributed by atoms with Crippen molar-refractivity contribution in [1.29, 1.82) is 0 Å². The Morgan fingerprint density at radius 3 is 2.74 bits per heavy atom. The first-order chi connectivity index (χ1) is 8.92. The van der Waals surface area contributed by atoms with Gasteiger partial charge in [-0.05, 0) is 26.0 Å². The van der Waals surface area contributed by atoms with Crippen molar-refractivity contribution >= 4 is 5.69 Å². The summed E-state index contributed by atoms with van der Waals surface area (Å²) in [7, 11) is 0. The van der Waals surface area contributed by atoms with Crippen molar-refractivity contribution in [3.05, 3.63) is 36.3 Å². The highest BCUT2D eigenvalue weighted by Gasteiger charge is 2.21. The van der Waals surface area contributed by atoms with Crippen LogP contribution in [-0.4, -0.2) is 16.5 Å². The van der Waals surface area contributed by atoms with Crippen LogP contribution in [0.15, 0.2) is 30.5 Å². The van der Waals surface area contributed by atoms with Crippen LogP contribution in [0.3, 0.4) is 0 Å². The minimum Gasteiger partial charge on any atom is -0.437 e. The predicted octanol–water partition coefficient (Wildman–Crippen LogP) is 3.10. The third-order valence-corrected chi connectivity index (χ3v) is 2.71. The van der Waals surface area contributed by atoms with E-state index in [2.05, 4.69) is 5.10 Å². The monoisotopic (exact) mass is 267 g/mol. The summed E-state index contributed by atoms with van der Waals surface area (Å²) in [6, 6.07) is 5.71. The number of halogens is 2. The molecule has 0 unspecified atom stereocenters. The normalized spacial score (nSPS) is 11.6. The van der Waals surface area contributed by atoms with E-state index in [1.807, 2.05) is 0 Å². The van der Waals surface area contributed by atoms with Crippen molar-refractivity contribution in [2.75, 3.05) is 12.4 Å². The van der Waals surface area contributed by atoms with Gasteiger partial charge in [0, 0.05) is 18.3 Å². The van der Waals surface area contributed by atoms with Gasteiger partial charge in [0.05, 0.1) is 11.2 Å². The van der Waals surface area contributed by atoms with Gasteiger partial charge in [0.1, 0.15) is 18.2 Å². The van der Waals surface area contributed by atoms with Crippen LogP contribution in [0.1, 0.15) is 13.8 Å². The number of nitrogens with zero attached hydrogens (tertiary/aromatic N) is 2. The van der Waals surface area contributed by atoms with E-state index >= 15 is 0 Å². The van der Waals surface area contributed by atoms with Gasteiger partial charge in [-0.1, -0.05) is 0 Å². The highest BCUT2D eigenvalue weighted by Crippen LogP contribution is 2.24. The molecule has 0 aliphatic carbocycles. The summed E-state index contributed by atoms with van der Waals surface area (Å²) in [4.78, 5) is 0. The fraction of sp³-hybridized carbons (Fsp3) is 0.308. The maximum Gasteiger partial charge on any atom is 0.238 e. The summed E-state index contributed by atoms with van der Waals surface area (Å²) >= 11 is 0.